The minimum Gasteiger partial charge on any atom is -0.480 e. The zero-order valence-corrected chi connectivity index (χ0v) is 10.2. The highest BCUT2D eigenvalue weighted by molar-refractivity contribution is 5.88. The molecule has 1 atom stereocenters. The molecule has 0 heterocycles. The summed E-state index contributed by atoms with van der Waals surface area (Å²) < 4.78 is 77.4. The summed E-state index contributed by atoms with van der Waals surface area (Å²) in [5.41, 5.74) is 0. The number of hydrogen-bond acceptors (Lipinski definition) is 4. The molecule has 0 rings (SSSR count). The molecular weight excluding hydrogens is 316 g/mol. The van der Waals surface area contributed by atoms with E-state index in [-0.39, 0.29) is 0 Å². The van der Waals surface area contributed by atoms with Crippen LogP contribution in [0.3, 0.4) is 0 Å². The first kappa shape index (κ1) is 19.0. The molecule has 0 unspecified atom stereocenters. The minimum atomic E-state index is -5.96. The second-order valence-corrected chi connectivity index (χ2v) is 3.70. The molecule has 122 valence electrons. The number of aliphatic carboxylic acids is 1. The number of carbonyl (C=O) groups is 3. The topological polar surface area (TPSA) is 92.7 Å². The van der Waals surface area contributed by atoms with Crippen molar-refractivity contribution in [2.24, 2.45) is 5.92 Å². The molecule has 0 bridgehead atoms. The number of alkyl halides is 6. The third-order valence-corrected chi connectivity index (χ3v) is 2.13. The van der Waals surface area contributed by atoms with Gasteiger partial charge in [-0.2, -0.15) is 26.3 Å². The second kappa shape index (κ2) is 6.63. The molecule has 0 aromatic carbocycles. The molecule has 0 aliphatic heterocycles. The Kier molecular flexibility index (Phi) is 5.99. The third kappa shape index (κ3) is 5.87. The molecule has 6 nitrogen and oxygen atoms in total. The van der Waals surface area contributed by atoms with E-state index in [0.717, 1.165) is 12.4 Å². The van der Waals surface area contributed by atoms with Crippen molar-refractivity contribution in [2.75, 3.05) is 7.11 Å². The first-order valence-electron chi connectivity index (χ1n) is 5.04. The Labute approximate surface area is 113 Å². The van der Waals surface area contributed by atoms with Crippen molar-refractivity contribution in [3.63, 3.8) is 0 Å². The molecule has 0 radical (unpaired) electrons. The van der Waals surface area contributed by atoms with Crippen LogP contribution in [0.1, 0.15) is 6.42 Å². The summed E-state index contributed by atoms with van der Waals surface area (Å²) in [4.78, 5) is 32.5. The van der Waals surface area contributed by atoms with E-state index in [2.05, 4.69) is 4.74 Å². The molecule has 0 saturated heterocycles. The van der Waals surface area contributed by atoms with E-state index in [1.54, 1.807) is 0 Å². The lowest BCUT2D eigenvalue weighted by atomic mass is 10.1. The minimum absolute atomic E-state index is 0.817. The molecule has 0 aromatic heterocycles. The average Bonchev–Trinajstić information content (AvgIpc) is 2.23. The number of halogens is 6. The number of ether oxygens (including phenoxy) is 1. The van der Waals surface area contributed by atoms with Gasteiger partial charge < -0.3 is 15.2 Å². The number of hydrogen-bond donors (Lipinski definition) is 2. The van der Waals surface area contributed by atoms with Crippen molar-refractivity contribution < 1.29 is 50.6 Å². The lowest BCUT2D eigenvalue weighted by Crippen LogP contribution is -2.52. The van der Waals surface area contributed by atoms with Gasteiger partial charge in [-0.1, -0.05) is 0 Å². The predicted molar refractivity (Wildman–Crippen MR) is 51.8 cm³/mol. The van der Waals surface area contributed by atoms with Gasteiger partial charge in [-0.05, 0) is 0 Å². The zero-order chi connectivity index (χ0) is 17.0. The van der Waals surface area contributed by atoms with Gasteiger partial charge in [-0.15, -0.1) is 0 Å². The quantitative estimate of drug-likeness (QED) is 0.578. The first-order chi connectivity index (χ1) is 9.30. The normalized spacial score (nSPS) is 13.7. The van der Waals surface area contributed by atoms with Gasteiger partial charge in [0.15, 0.2) is 0 Å². The number of rotatable bonds is 5. The summed E-state index contributed by atoms with van der Waals surface area (Å²) in [7, 11) is 0.817. The fraction of sp³-hybridized carbons (Fsp3) is 0.667. The molecule has 21 heavy (non-hydrogen) atoms. The van der Waals surface area contributed by atoms with Crippen molar-refractivity contribution in [3.8, 4) is 0 Å². The van der Waals surface area contributed by atoms with Gasteiger partial charge in [-0.25, -0.2) is 4.79 Å². The zero-order valence-electron chi connectivity index (χ0n) is 10.2. The van der Waals surface area contributed by atoms with Crippen molar-refractivity contribution >= 4 is 17.8 Å². The van der Waals surface area contributed by atoms with Gasteiger partial charge in [-0.3, -0.25) is 9.59 Å². The Morgan fingerprint density at radius 1 is 1.10 bits per heavy atom. The predicted octanol–water partition coefficient (Wildman–Crippen LogP) is 0.860. The maximum Gasteiger partial charge on any atom is 0.409 e. The van der Waals surface area contributed by atoms with Crippen molar-refractivity contribution in [1.29, 1.82) is 0 Å². The lowest BCUT2D eigenvalue weighted by Gasteiger charge is -2.23. The van der Waals surface area contributed by atoms with Crippen LogP contribution in [0.5, 0.6) is 0 Å². The molecule has 1 amide bonds. The van der Waals surface area contributed by atoms with Crippen LogP contribution < -0.4 is 5.32 Å². The van der Waals surface area contributed by atoms with Crippen molar-refractivity contribution in [2.45, 2.75) is 24.8 Å². The number of nitrogens with one attached hydrogen (secondary N) is 1. The summed E-state index contributed by atoms with van der Waals surface area (Å²) in [6.07, 6.45) is -13.0. The second-order valence-electron chi connectivity index (χ2n) is 3.70. The maximum absolute atomic E-state index is 12.2. The summed E-state index contributed by atoms with van der Waals surface area (Å²) in [6.45, 7) is 0. The van der Waals surface area contributed by atoms with Gasteiger partial charge >= 0.3 is 24.3 Å². The molecule has 0 aromatic rings. The first-order valence-corrected chi connectivity index (χ1v) is 5.04. The van der Waals surface area contributed by atoms with Crippen molar-refractivity contribution in [3.05, 3.63) is 0 Å². The van der Waals surface area contributed by atoms with E-state index < -0.39 is 48.6 Å². The molecular formula is C9H9F6NO5. The van der Waals surface area contributed by atoms with Crippen LogP contribution in [0.4, 0.5) is 26.3 Å². The van der Waals surface area contributed by atoms with Crippen LogP contribution >= 0.6 is 0 Å². The van der Waals surface area contributed by atoms with E-state index in [1.807, 2.05) is 0 Å². The smallest absolute Gasteiger partial charge is 0.409 e. The highest BCUT2D eigenvalue weighted by Crippen LogP contribution is 2.39. The van der Waals surface area contributed by atoms with Crippen LogP contribution in [-0.4, -0.2) is 48.5 Å². The molecule has 0 fully saturated rings. The summed E-state index contributed by atoms with van der Waals surface area (Å²) in [5.74, 6) is -10.2. The molecule has 0 aliphatic rings. The fourth-order valence-corrected chi connectivity index (χ4v) is 1.19. The summed E-state index contributed by atoms with van der Waals surface area (Å²) in [6, 6.07) is -2.28. The molecule has 0 saturated carbocycles. The highest BCUT2D eigenvalue weighted by atomic mass is 19.4. The molecule has 12 heteroatoms. The van der Waals surface area contributed by atoms with E-state index in [1.165, 1.54) is 0 Å². The molecule has 0 spiro atoms. The van der Waals surface area contributed by atoms with Crippen LogP contribution in [0.25, 0.3) is 0 Å². The van der Waals surface area contributed by atoms with Gasteiger partial charge in [0.2, 0.25) is 11.8 Å². The Bertz CT molecular complexity index is 404. The standard InChI is InChI=1S/C9H9F6NO5/c1-21-4(17)2-3(7(19)20)16-6(18)5(8(10,11)12)9(13,14)15/h3,5H,2H2,1H3,(H,16,18)(H,19,20)/t3-/m0/s1. The summed E-state index contributed by atoms with van der Waals surface area (Å²) in [5, 5.41) is 9.58. The third-order valence-electron chi connectivity index (χ3n) is 2.13. The van der Waals surface area contributed by atoms with E-state index >= 15 is 0 Å². The molecule has 0 aliphatic carbocycles. The van der Waals surface area contributed by atoms with Crippen LogP contribution in [0.2, 0.25) is 0 Å². The van der Waals surface area contributed by atoms with E-state index in [9.17, 15) is 40.7 Å². The van der Waals surface area contributed by atoms with Crippen LogP contribution in [0, 0.1) is 5.92 Å². The number of carboxylic acids is 1. The number of esters is 1. The highest BCUT2D eigenvalue weighted by Gasteiger charge is 2.61. The average molecular weight is 325 g/mol. The molecule has 2 N–H and O–H groups in total. The number of carbonyl (C=O) groups excluding carboxylic acids is 2. The Hall–Kier alpha value is -2.01. The van der Waals surface area contributed by atoms with Crippen LogP contribution in [-0.2, 0) is 19.1 Å². The van der Waals surface area contributed by atoms with Gasteiger partial charge in [0.25, 0.3) is 0 Å². The monoisotopic (exact) mass is 325 g/mol. The van der Waals surface area contributed by atoms with Gasteiger partial charge in [0.05, 0.1) is 13.5 Å². The van der Waals surface area contributed by atoms with Gasteiger partial charge in [0.1, 0.15) is 6.04 Å². The Balaban J connectivity index is 5.19. The Morgan fingerprint density at radius 2 is 1.52 bits per heavy atom. The van der Waals surface area contributed by atoms with Gasteiger partial charge in [0, 0.05) is 0 Å². The van der Waals surface area contributed by atoms with E-state index in [0.29, 0.717) is 0 Å². The fourth-order valence-electron chi connectivity index (χ4n) is 1.19. The van der Waals surface area contributed by atoms with E-state index in [4.69, 9.17) is 5.11 Å². The van der Waals surface area contributed by atoms with Crippen LogP contribution in [0.15, 0.2) is 0 Å². The number of carboxylic acid groups (broad SMARTS) is 1. The lowest BCUT2D eigenvalue weighted by molar-refractivity contribution is -0.274. The summed E-state index contributed by atoms with van der Waals surface area (Å²) >= 11 is 0. The SMILES string of the molecule is COC(=O)C[C@H](NC(=O)C(C(F)(F)F)C(F)(F)F)C(=O)O. The largest absolute Gasteiger partial charge is 0.480 e. The maximum atomic E-state index is 12.2. The number of methoxy groups -OCH3 is 1. The van der Waals surface area contributed by atoms with Crippen molar-refractivity contribution in [1.82, 2.24) is 5.32 Å². The number of amides is 1. The Morgan fingerprint density at radius 3 is 1.81 bits per heavy atom.